The molecular weight excluding hydrogens is 264 g/mol. The van der Waals surface area contributed by atoms with Crippen LogP contribution in [0.3, 0.4) is 0 Å². The lowest BCUT2D eigenvalue weighted by atomic mass is 10.1. The van der Waals surface area contributed by atoms with Gasteiger partial charge in [-0.25, -0.2) is 0 Å². The number of nitrogens with two attached hydrogens (primary N) is 1. The van der Waals surface area contributed by atoms with E-state index in [4.69, 9.17) is 5.73 Å². The molecule has 5 nitrogen and oxygen atoms in total. The van der Waals surface area contributed by atoms with Gasteiger partial charge in [0.1, 0.15) is 5.69 Å². The van der Waals surface area contributed by atoms with Gasteiger partial charge in [0, 0.05) is 23.3 Å². The molecule has 0 radical (unpaired) electrons. The summed E-state index contributed by atoms with van der Waals surface area (Å²) < 4.78 is 1.78. The zero-order valence-corrected chi connectivity index (χ0v) is 12.3. The largest absolute Gasteiger partial charge is 0.399 e. The van der Waals surface area contributed by atoms with Crippen LogP contribution in [0.5, 0.6) is 0 Å². The first-order valence-corrected chi connectivity index (χ1v) is 7.31. The number of aromatic nitrogens is 2. The minimum Gasteiger partial charge on any atom is -0.399 e. The molecule has 3 N–H and O–H groups in total. The summed E-state index contributed by atoms with van der Waals surface area (Å²) in [6.45, 7) is 4.04. The SMILES string of the molecule is CC(C)n1nc(-c2ccc(N)cc2)cc1C(=O)NC1CC1. The molecule has 0 saturated heterocycles. The number of anilines is 1. The molecule has 1 aromatic carbocycles. The van der Waals surface area contributed by atoms with Crippen molar-refractivity contribution in [3.8, 4) is 11.3 Å². The molecule has 5 heteroatoms. The molecule has 1 aliphatic carbocycles. The number of nitrogens with one attached hydrogen (secondary N) is 1. The smallest absolute Gasteiger partial charge is 0.269 e. The van der Waals surface area contributed by atoms with Gasteiger partial charge >= 0.3 is 0 Å². The van der Waals surface area contributed by atoms with Crippen LogP contribution in [0.2, 0.25) is 0 Å². The average molecular weight is 284 g/mol. The van der Waals surface area contributed by atoms with E-state index in [1.165, 1.54) is 0 Å². The van der Waals surface area contributed by atoms with Gasteiger partial charge in [-0.15, -0.1) is 0 Å². The predicted molar refractivity (Wildman–Crippen MR) is 82.9 cm³/mol. The second kappa shape index (κ2) is 5.24. The lowest BCUT2D eigenvalue weighted by Crippen LogP contribution is -2.28. The summed E-state index contributed by atoms with van der Waals surface area (Å²) in [7, 11) is 0. The molecule has 110 valence electrons. The topological polar surface area (TPSA) is 72.9 Å². The second-order valence-electron chi connectivity index (χ2n) is 5.82. The monoisotopic (exact) mass is 284 g/mol. The highest BCUT2D eigenvalue weighted by molar-refractivity contribution is 5.94. The Morgan fingerprint density at radius 2 is 2.00 bits per heavy atom. The van der Waals surface area contributed by atoms with Gasteiger partial charge in [-0.05, 0) is 44.9 Å². The second-order valence-corrected chi connectivity index (χ2v) is 5.82. The third-order valence-corrected chi connectivity index (χ3v) is 3.58. The van der Waals surface area contributed by atoms with Crippen molar-refractivity contribution in [1.29, 1.82) is 0 Å². The Morgan fingerprint density at radius 3 is 2.57 bits per heavy atom. The number of hydrogen-bond donors (Lipinski definition) is 2. The molecule has 1 amide bonds. The van der Waals surface area contributed by atoms with Crippen molar-refractivity contribution < 1.29 is 4.79 Å². The van der Waals surface area contributed by atoms with E-state index in [-0.39, 0.29) is 11.9 Å². The lowest BCUT2D eigenvalue weighted by Gasteiger charge is -2.10. The van der Waals surface area contributed by atoms with Crippen molar-refractivity contribution in [2.24, 2.45) is 0 Å². The number of carbonyl (C=O) groups is 1. The van der Waals surface area contributed by atoms with Crippen molar-refractivity contribution in [3.05, 3.63) is 36.0 Å². The van der Waals surface area contributed by atoms with Gasteiger partial charge in [0.25, 0.3) is 5.91 Å². The molecule has 1 heterocycles. The van der Waals surface area contributed by atoms with Gasteiger partial charge in [0.05, 0.1) is 5.69 Å². The predicted octanol–water partition coefficient (Wildman–Crippen LogP) is 2.61. The van der Waals surface area contributed by atoms with Crippen LogP contribution in [0.15, 0.2) is 30.3 Å². The minimum atomic E-state index is -0.0413. The first kappa shape index (κ1) is 13.7. The van der Waals surface area contributed by atoms with Crippen LogP contribution < -0.4 is 11.1 Å². The molecule has 3 rings (SSSR count). The summed E-state index contributed by atoms with van der Waals surface area (Å²) in [5.41, 5.74) is 8.80. The molecule has 1 aromatic heterocycles. The number of carbonyl (C=O) groups excluding carboxylic acids is 1. The Kier molecular flexibility index (Phi) is 3.41. The molecule has 2 aromatic rings. The van der Waals surface area contributed by atoms with E-state index in [2.05, 4.69) is 10.4 Å². The van der Waals surface area contributed by atoms with Crippen LogP contribution in [0, 0.1) is 0 Å². The molecule has 0 aliphatic heterocycles. The van der Waals surface area contributed by atoms with E-state index in [9.17, 15) is 4.79 Å². The average Bonchev–Trinajstić information content (AvgIpc) is 3.14. The summed E-state index contributed by atoms with van der Waals surface area (Å²) >= 11 is 0. The number of hydrogen-bond acceptors (Lipinski definition) is 3. The van der Waals surface area contributed by atoms with Crippen molar-refractivity contribution in [2.75, 3.05) is 5.73 Å². The van der Waals surface area contributed by atoms with E-state index < -0.39 is 0 Å². The van der Waals surface area contributed by atoms with E-state index in [0.29, 0.717) is 17.4 Å². The van der Waals surface area contributed by atoms with Gasteiger partial charge in [-0.2, -0.15) is 5.10 Å². The fourth-order valence-electron chi connectivity index (χ4n) is 2.24. The normalized spacial score (nSPS) is 14.4. The molecular formula is C16H20N4O. The van der Waals surface area contributed by atoms with Gasteiger partial charge in [-0.1, -0.05) is 12.1 Å². The van der Waals surface area contributed by atoms with E-state index in [1.54, 1.807) is 4.68 Å². The molecule has 1 aliphatic rings. The lowest BCUT2D eigenvalue weighted by molar-refractivity contribution is 0.0938. The number of nitrogen functional groups attached to an aromatic ring is 1. The van der Waals surface area contributed by atoms with Gasteiger partial charge < -0.3 is 11.1 Å². The van der Waals surface area contributed by atoms with Crippen LogP contribution in [-0.2, 0) is 0 Å². The number of rotatable bonds is 4. The Bertz CT molecular complexity index is 653. The molecule has 0 atom stereocenters. The van der Waals surface area contributed by atoms with E-state index in [0.717, 1.165) is 24.1 Å². The van der Waals surface area contributed by atoms with E-state index in [1.807, 2.05) is 44.2 Å². The maximum absolute atomic E-state index is 12.3. The van der Waals surface area contributed by atoms with Crippen LogP contribution in [-0.4, -0.2) is 21.7 Å². The van der Waals surface area contributed by atoms with Crippen LogP contribution in [0.25, 0.3) is 11.3 Å². The first-order chi connectivity index (χ1) is 10.0. The van der Waals surface area contributed by atoms with Crippen molar-refractivity contribution in [2.45, 2.75) is 38.8 Å². The Labute approximate surface area is 124 Å². The highest BCUT2D eigenvalue weighted by Gasteiger charge is 2.26. The highest BCUT2D eigenvalue weighted by atomic mass is 16.2. The standard InChI is InChI=1S/C16H20N4O/c1-10(2)20-15(16(21)18-13-7-8-13)9-14(19-20)11-3-5-12(17)6-4-11/h3-6,9-10,13H,7-8,17H2,1-2H3,(H,18,21). The Morgan fingerprint density at radius 1 is 1.33 bits per heavy atom. The summed E-state index contributed by atoms with van der Waals surface area (Å²) in [5, 5.41) is 7.59. The van der Waals surface area contributed by atoms with Gasteiger partial charge in [0.15, 0.2) is 0 Å². The third-order valence-electron chi connectivity index (χ3n) is 3.58. The van der Waals surface area contributed by atoms with Crippen molar-refractivity contribution in [3.63, 3.8) is 0 Å². The molecule has 0 spiro atoms. The maximum Gasteiger partial charge on any atom is 0.269 e. The van der Waals surface area contributed by atoms with Crippen molar-refractivity contribution in [1.82, 2.24) is 15.1 Å². The molecule has 0 bridgehead atoms. The Balaban J connectivity index is 1.95. The zero-order chi connectivity index (χ0) is 15.0. The maximum atomic E-state index is 12.3. The molecule has 0 unspecified atom stereocenters. The number of nitrogens with zero attached hydrogens (tertiary/aromatic N) is 2. The molecule has 1 fully saturated rings. The highest BCUT2D eigenvalue weighted by Crippen LogP contribution is 2.24. The molecule has 1 saturated carbocycles. The quantitative estimate of drug-likeness (QED) is 0.848. The number of amides is 1. The number of benzene rings is 1. The summed E-state index contributed by atoms with van der Waals surface area (Å²) in [6, 6.07) is 9.85. The van der Waals surface area contributed by atoms with Gasteiger partial charge in [-0.3, -0.25) is 9.48 Å². The summed E-state index contributed by atoms with van der Waals surface area (Å²) in [4.78, 5) is 12.3. The summed E-state index contributed by atoms with van der Waals surface area (Å²) in [6.07, 6.45) is 2.15. The summed E-state index contributed by atoms with van der Waals surface area (Å²) in [5.74, 6) is -0.0413. The molecule has 21 heavy (non-hydrogen) atoms. The van der Waals surface area contributed by atoms with Gasteiger partial charge in [0.2, 0.25) is 0 Å². The van der Waals surface area contributed by atoms with E-state index >= 15 is 0 Å². The first-order valence-electron chi connectivity index (χ1n) is 7.31. The minimum absolute atomic E-state index is 0.0413. The fourth-order valence-corrected chi connectivity index (χ4v) is 2.24. The van der Waals surface area contributed by atoms with Crippen molar-refractivity contribution >= 4 is 11.6 Å². The van der Waals surface area contributed by atoms with Crippen LogP contribution >= 0.6 is 0 Å². The third kappa shape index (κ3) is 2.91. The van der Waals surface area contributed by atoms with Crippen LogP contribution in [0.4, 0.5) is 5.69 Å². The zero-order valence-electron chi connectivity index (χ0n) is 12.3. The Hall–Kier alpha value is -2.30. The fraction of sp³-hybridized carbons (Fsp3) is 0.375. The van der Waals surface area contributed by atoms with Crippen LogP contribution in [0.1, 0.15) is 43.2 Å².